The lowest BCUT2D eigenvalue weighted by molar-refractivity contribution is 0.602. The Hall–Kier alpha value is -5.45. The summed E-state index contributed by atoms with van der Waals surface area (Å²) in [5.74, 6) is 0. The molecular formula is C54H44N2OP2S3. The minimum atomic E-state index is -1.81. The first-order chi connectivity index (χ1) is 29.9. The number of hydrogen-bond donors (Lipinski definition) is 0. The lowest BCUT2D eigenvalue weighted by Crippen LogP contribution is -2.16. The summed E-state index contributed by atoms with van der Waals surface area (Å²) in [7, 11) is 1.78. The third-order valence-corrected chi connectivity index (χ3v) is 18.1. The second kappa shape index (κ2) is 15.7. The minimum Gasteiger partial charge on any atom is -0.310 e. The molecule has 3 nitrogen and oxygen atoms in total. The number of nitrogens with zero attached hydrogens (tertiary/aromatic N) is 2. The molecular weight excluding hydrogens is 851 g/mol. The monoisotopic (exact) mass is 894 g/mol. The molecule has 8 aromatic carbocycles. The van der Waals surface area contributed by atoms with Gasteiger partial charge >= 0.3 is 0 Å². The quantitative estimate of drug-likeness (QED) is 0.141. The van der Waals surface area contributed by atoms with Crippen molar-refractivity contribution in [1.82, 2.24) is 0 Å². The Balaban J connectivity index is 1.01. The van der Waals surface area contributed by atoms with Crippen LogP contribution in [-0.4, -0.2) is 0 Å². The van der Waals surface area contributed by atoms with E-state index in [1.807, 2.05) is 24.3 Å². The van der Waals surface area contributed by atoms with Gasteiger partial charge in [-0.2, -0.15) is 0 Å². The smallest absolute Gasteiger partial charge is 0.198 e. The van der Waals surface area contributed by atoms with Crippen LogP contribution in [0.25, 0.3) is 33.4 Å². The molecule has 0 aliphatic heterocycles. The zero-order chi connectivity index (χ0) is 42.9. The van der Waals surface area contributed by atoms with E-state index >= 15 is 0 Å². The molecule has 0 amide bonds. The Morgan fingerprint density at radius 2 is 0.774 bits per heavy atom. The summed E-state index contributed by atoms with van der Waals surface area (Å²) in [5.41, 5.74) is 18.9. The summed E-state index contributed by atoms with van der Waals surface area (Å²) in [6, 6.07) is 65.5. The van der Waals surface area contributed by atoms with E-state index in [-0.39, 0.29) is 10.8 Å². The predicted molar refractivity (Wildman–Crippen MR) is 275 cm³/mol. The van der Waals surface area contributed by atoms with E-state index in [9.17, 15) is 4.57 Å². The molecule has 0 heterocycles. The molecule has 0 spiro atoms. The van der Waals surface area contributed by atoms with Crippen LogP contribution in [0.4, 0.5) is 34.1 Å². The molecule has 2 unspecified atom stereocenters. The SMILES string of the molecule is CC1(C)c2ccccc2-c2ccc(N(c3ccc(P)cc3)c3ccc(-c4ccc(N(c5ccc(P(=O)=S(=S)=S)cc5)c5ccc6c(c5)C(C)(C)c5ccccc5-6)cc4)cc3)cc21. The number of anilines is 6. The van der Waals surface area contributed by atoms with E-state index in [1.54, 1.807) is 0 Å². The van der Waals surface area contributed by atoms with Crippen LogP contribution in [0.15, 0.2) is 182 Å². The summed E-state index contributed by atoms with van der Waals surface area (Å²) < 4.78 is 12.9. The van der Waals surface area contributed by atoms with Crippen LogP contribution in [0.1, 0.15) is 49.9 Å². The van der Waals surface area contributed by atoms with Gasteiger partial charge in [0.2, 0.25) is 0 Å². The molecule has 2 atom stereocenters. The highest BCUT2D eigenvalue weighted by Gasteiger charge is 2.37. The summed E-state index contributed by atoms with van der Waals surface area (Å²) in [6.45, 7) is 7.47. The Morgan fingerprint density at radius 1 is 0.435 bits per heavy atom. The van der Waals surface area contributed by atoms with Gasteiger partial charge in [-0.15, -0.1) is 9.24 Å². The fraction of sp³-hybridized carbons (Fsp3) is 0.111. The molecule has 0 saturated heterocycles. The Labute approximate surface area is 378 Å². The number of hydrogen-bond acceptors (Lipinski definition) is 5. The van der Waals surface area contributed by atoms with Gasteiger partial charge in [-0.05, 0) is 175 Å². The maximum Gasteiger partial charge on any atom is 0.198 e. The summed E-state index contributed by atoms with van der Waals surface area (Å²) in [6.07, 6.45) is 0. The number of fused-ring (bicyclic) bond motifs is 6. The second-order valence-electron chi connectivity index (χ2n) is 17.1. The standard InChI is InChI=1S/C54H44N2OP2S3/c1-53(2)49-11-7-5-9-45(49)47-31-25-41(33-51(47)53)55(39-21-27-43(58)28-22-39)37-17-13-35(14-18-37)36-15-19-38(20-16-36)56(40-23-29-44(30-24-40)59(57)62(60)61)42-26-32-48-46-10-6-8-12-50(46)54(3,4)52(48)34-42/h5-34H,58H2,1-4H3. The average Bonchev–Trinajstić information content (AvgIpc) is 3.66. The molecule has 0 N–H and O–H groups in total. The topological polar surface area (TPSA) is 23.6 Å². The van der Waals surface area contributed by atoms with Crippen molar-refractivity contribution >= 4 is 90.1 Å². The molecule has 8 aromatic rings. The van der Waals surface area contributed by atoms with Crippen molar-refractivity contribution in [2.45, 2.75) is 38.5 Å². The average molecular weight is 895 g/mol. The minimum absolute atomic E-state index is 0.101. The van der Waals surface area contributed by atoms with Gasteiger partial charge in [-0.3, -0.25) is 4.57 Å². The van der Waals surface area contributed by atoms with Crippen LogP contribution < -0.4 is 20.4 Å². The van der Waals surface area contributed by atoms with Crippen molar-refractivity contribution < 1.29 is 4.57 Å². The molecule has 10 rings (SSSR count). The van der Waals surface area contributed by atoms with Crippen LogP contribution in [0, 0.1) is 0 Å². The Morgan fingerprint density at radius 3 is 1.18 bits per heavy atom. The van der Waals surface area contributed by atoms with Gasteiger partial charge < -0.3 is 9.80 Å². The second-order valence-corrected chi connectivity index (χ2v) is 25.5. The molecule has 304 valence electrons. The van der Waals surface area contributed by atoms with Gasteiger partial charge in [0.1, 0.15) is 0 Å². The van der Waals surface area contributed by atoms with Gasteiger partial charge in [-0.25, -0.2) is 0 Å². The van der Waals surface area contributed by atoms with Crippen LogP contribution >= 0.6 is 15.8 Å². The highest BCUT2D eigenvalue weighted by molar-refractivity contribution is 8.57. The van der Waals surface area contributed by atoms with E-state index in [0.29, 0.717) is 5.30 Å². The molecule has 62 heavy (non-hydrogen) atoms. The summed E-state index contributed by atoms with van der Waals surface area (Å²) >= 11 is 10.4. The van der Waals surface area contributed by atoms with Crippen LogP contribution in [-0.2, 0) is 45.0 Å². The van der Waals surface area contributed by atoms with Crippen molar-refractivity contribution in [2.75, 3.05) is 9.80 Å². The van der Waals surface area contributed by atoms with Gasteiger partial charge in [-0.1, -0.05) is 125 Å². The zero-order valence-corrected chi connectivity index (χ0v) is 39.4. The van der Waals surface area contributed by atoms with Crippen LogP contribution in [0.3, 0.4) is 0 Å². The molecule has 0 bridgehead atoms. The maximum absolute atomic E-state index is 12.9. The van der Waals surface area contributed by atoms with Crippen molar-refractivity contribution in [3.63, 3.8) is 0 Å². The molecule has 0 saturated carbocycles. The van der Waals surface area contributed by atoms with E-state index in [1.165, 1.54) is 44.5 Å². The normalized spacial score (nSPS) is 14.0. The highest BCUT2D eigenvalue weighted by atomic mass is 33.2. The summed E-state index contributed by atoms with van der Waals surface area (Å²) in [4.78, 5) is 4.63. The van der Waals surface area contributed by atoms with Crippen molar-refractivity contribution in [2.24, 2.45) is 0 Å². The first-order valence-electron chi connectivity index (χ1n) is 20.7. The molecule has 8 heteroatoms. The third kappa shape index (κ3) is 6.90. The predicted octanol–water partition coefficient (Wildman–Crippen LogP) is 14.3. The van der Waals surface area contributed by atoms with Gasteiger partial charge in [0, 0.05) is 50.3 Å². The van der Waals surface area contributed by atoms with Crippen LogP contribution in [0.5, 0.6) is 0 Å². The van der Waals surface area contributed by atoms with Crippen molar-refractivity contribution in [3.8, 4) is 33.4 Å². The Kier molecular flexibility index (Phi) is 10.3. The molecule has 0 aromatic heterocycles. The Bertz CT molecular complexity index is 3250. The number of benzene rings is 8. The molecule has 2 aliphatic rings. The number of rotatable bonds is 8. The highest BCUT2D eigenvalue weighted by Crippen LogP contribution is 2.52. The van der Waals surface area contributed by atoms with Crippen molar-refractivity contribution in [1.29, 1.82) is 0 Å². The first kappa shape index (κ1) is 40.6. The van der Waals surface area contributed by atoms with Gasteiger partial charge in [0.15, 0.2) is 6.58 Å². The molecule has 2 aliphatic carbocycles. The third-order valence-electron chi connectivity index (χ3n) is 12.8. The lowest BCUT2D eigenvalue weighted by Gasteiger charge is -2.28. The fourth-order valence-corrected chi connectivity index (χ4v) is 12.8. The van der Waals surface area contributed by atoms with Crippen LogP contribution in [0.2, 0.25) is 0 Å². The first-order valence-corrected chi connectivity index (χ1v) is 26.2. The van der Waals surface area contributed by atoms with Gasteiger partial charge in [0.05, 0.1) is 0 Å². The molecule has 0 radical (unpaired) electrons. The van der Waals surface area contributed by atoms with E-state index < -0.39 is 13.8 Å². The summed E-state index contributed by atoms with van der Waals surface area (Å²) in [5, 5.41) is 1.83. The van der Waals surface area contributed by atoms with Crippen molar-refractivity contribution in [3.05, 3.63) is 204 Å². The zero-order valence-electron chi connectivity index (χ0n) is 34.9. The largest absolute Gasteiger partial charge is 0.310 e. The van der Waals surface area contributed by atoms with E-state index in [4.69, 9.17) is 22.4 Å². The molecule has 0 fully saturated rings. The fourth-order valence-electron chi connectivity index (χ4n) is 9.60. The lowest BCUT2D eigenvalue weighted by atomic mass is 9.82. The van der Waals surface area contributed by atoms with Gasteiger partial charge in [0.25, 0.3) is 0 Å². The van der Waals surface area contributed by atoms with E-state index in [0.717, 1.165) is 50.6 Å². The maximum atomic E-state index is 12.9. The van der Waals surface area contributed by atoms with E-state index in [2.05, 4.69) is 204 Å².